The van der Waals surface area contributed by atoms with Gasteiger partial charge < -0.3 is 14.7 Å². The molecular weight excluding hydrogens is 232 g/mol. The van der Waals surface area contributed by atoms with Crippen LogP contribution in [-0.4, -0.2) is 42.9 Å². The maximum absolute atomic E-state index is 10.9. The molecule has 0 aromatic carbocycles. The van der Waals surface area contributed by atoms with Crippen molar-refractivity contribution in [3.63, 3.8) is 0 Å². The van der Waals surface area contributed by atoms with Crippen molar-refractivity contribution in [2.24, 2.45) is 5.92 Å². The van der Waals surface area contributed by atoms with Crippen LogP contribution in [0.4, 0.5) is 5.82 Å². The number of hydrogen-bond donors (Lipinski definition) is 1. The minimum Gasteiger partial charge on any atom is -0.478 e. The van der Waals surface area contributed by atoms with Crippen molar-refractivity contribution in [3.05, 3.63) is 23.9 Å². The molecule has 0 unspecified atom stereocenters. The summed E-state index contributed by atoms with van der Waals surface area (Å²) in [5, 5.41) is 8.98. The van der Waals surface area contributed by atoms with E-state index >= 15 is 0 Å². The minimum atomic E-state index is -0.935. The van der Waals surface area contributed by atoms with Gasteiger partial charge in [-0.3, -0.25) is 0 Å². The fourth-order valence-electron chi connectivity index (χ4n) is 1.67. The van der Waals surface area contributed by atoms with Gasteiger partial charge in [0.1, 0.15) is 5.82 Å². The van der Waals surface area contributed by atoms with Crippen LogP contribution < -0.4 is 4.90 Å². The largest absolute Gasteiger partial charge is 0.478 e. The van der Waals surface area contributed by atoms with Gasteiger partial charge in [-0.15, -0.1) is 0 Å². The quantitative estimate of drug-likeness (QED) is 0.803. The molecule has 0 saturated heterocycles. The summed E-state index contributed by atoms with van der Waals surface area (Å²) in [7, 11) is 1.65. The third-order valence-corrected chi connectivity index (χ3v) is 2.47. The van der Waals surface area contributed by atoms with E-state index in [0.717, 1.165) is 6.54 Å². The molecule has 0 atom stereocenters. The van der Waals surface area contributed by atoms with E-state index in [1.165, 1.54) is 12.3 Å². The lowest BCUT2D eigenvalue weighted by Crippen LogP contribution is -2.31. The van der Waals surface area contributed by atoms with Gasteiger partial charge in [-0.05, 0) is 18.1 Å². The Kier molecular flexibility index (Phi) is 5.58. The van der Waals surface area contributed by atoms with E-state index < -0.39 is 5.97 Å². The van der Waals surface area contributed by atoms with Crippen LogP contribution in [-0.2, 0) is 4.74 Å². The normalized spacial score (nSPS) is 10.7. The second-order valence-corrected chi connectivity index (χ2v) is 4.54. The van der Waals surface area contributed by atoms with E-state index in [1.807, 2.05) is 4.90 Å². The zero-order valence-electron chi connectivity index (χ0n) is 11.1. The molecule has 0 aliphatic carbocycles. The highest BCUT2D eigenvalue weighted by Crippen LogP contribution is 2.14. The lowest BCUT2D eigenvalue weighted by Gasteiger charge is -2.25. The highest BCUT2D eigenvalue weighted by Gasteiger charge is 2.12. The van der Waals surface area contributed by atoms with Gasteiger partial charge >= 0.3 is 5.97 Å². The van der Waals surface area contributed by atoms with Crippen molar-refractivity contribution in [2.45, 2.75) is 13.8 Å². The Morgan fingerprint density at radius 1 is 1.56 bits per heavy atom. The first-order valence-electron chi connectivity index (χ1n) is 5.97. The average molecular weight is 252 g/mol. The van der Waals surface area contributed by atoms with Gasteiger partial charge in [0.05, 0.1) is 12.2 Å². The maximum Gasteiger partial charge on any atom is 0.335 e. The van der Waals surface area contributed by atoms with E-state index in [4.69, 9.17) is 9.84 Å². The van der Waals surface area contributed by atoms with Crippen LogP contribution >= 0.6 is 0 Å². The van der Waals surface area contributed by atoms with Crippen LogP contribution in [0.3, 0.4) is 0 Å². The predicted molar refractivity (Wildman–Crippen MR) is 70.1 cm³/mol. The third-order valence-electron chi connectivity index (χ3n) is 2.47. The summed E-state index contributed by atoms with van der Waals surface area (Å²) in [6.07, 6.45) is 1.53. The van der Waals surface area contributed by atoms with Crippen molar-refractivity contribution >= 4 is 11.8 Å². The van der Waals surface area contributed by atoms with Crippen molar-refractivity contribution < 1.29 is 14.6 Å². The Morgan fingerprint density at radius 3 is 2.83 bits per heavy atom. The molecule has 1 aromatic heterocycles. The second kappa shape index (κ2) is 6.96. The number of nitrogens with zero attached hydrogens (tertiary/aromatic N) is 2. The molecule has 0 bridgehead atoms. The Morgan fingerprint density at radius 2 is 2.28 bits per heavy atom. The van der Waals surface area contributed by atoms with E-state index in [0.29, 0.717) is 24.9 Å². The second-order valence-electron chi connectivity index (χ2n) is 4.54. The molecule has 0 fully saturated rings. The molecule has 1 heterocycles. The maximum atomic E-state index is 10.9. The van der Waals surface area contributed by atoms with Crippen LogP contribution in [0.25, 0.3) is 0 Å². The number of pyridine rings is 1. The van der Waals surface area contributed by atoms with Crippen molar-refractivity contribution in [3.8, 4) is 0 Å². The van der Waals surface area contributed by atoms with Crippen molar-refractivity contribution in [1.82, 2.24) is 4.98 Å². The zero-order chi connectivity index (χ0) is 13.5. The molecule has 1 aromatic rings. The summed E-state index contributed by atoms with van der Waals surface area (Å²) >= 11 is 0. The van der Waals surface area contributed by atoms with Crippen LogP contribution in [0.15, 0.2) is 18.3 Å². The molecule has 100 valence electrons. The minimum absolute atomic E-state index is 0.256. The average Bonchev–Trinajstić information content (AvgIpc) is 2.34. The smallest absolute Gasteiger partial charge is 0.335 e. The number of carbonyl (C=O) groups is 1. The molecule has 5 nitrogen and oxygen atoms in total. The first-order valence-corrected chi connectivity index (χ1v) is 5.97. The summed E-state index contributed by atoms with van der Waals surface area (Å²) in [6.45, 7) is 6.33. The number of aromatic nitrogens is 1. The topological polar surface area (TPSA) is 62.7 Å². The SMILES string of the molecule is COCCN(CC(C)C)c1cc(C(=O)O)ccn1. The summed E-state index contributed by atoms with van der Waals surface area (Å²) < 4.78 is 5.07. The molecule has 0 saturated carbocycles. The molecule has 0 amide bonds. The molecule has 1 N–H and O–H groups in total. The van der Waals surface area contributed by atoms with E-state index in [2.05, 4.69) is 18.8 Å². The van der Waals surface area contributed by atoms with E-state index in [-0.39, 0.29) is 5.56 Å². The lowest BCUT2D eigenvalue weighted by atomic mass is 10.2. The Hall–Kier alpha value is -1.62. The molecule has 0 aliphatic heterocycles. The summed E-state index contributed by atoms with van der Waals surface area (Å²) in [5.74, 6) is 0.215. The number of hydrogen-bond acceptors (Lipinski definition) is 4. The van der Waals surface area contributed by atoms with Crippen LogP contribution in [0.5, 0.6) is 0 Å². The number of ether oxygens (including phenoxy) is 1. The van der Waals surface area contributed by atoms with E-state index in [9.17, 15) is 4.79 Å². The van der Waals surface area contributed by atoms with Crippen LogP contribution in [0, 0.1) is 5.92 Å². The number of carboxylic acids is 1. The zero-order valence-corrected chi connectivity index (χ0v) is 11.1. The molecule has 1 rings (SSSR count). The van der Waals surface area contributed by atoms with Gasteiger partial charge in [-0.1, -0.05) is 13.8 Å². The van der Waals surface area contributed by atoms with Gasteiger partial charge in [0.2, 0.25) is 0 Å². The Labute approximate surface area is 107 Å². The standard InChI is InChI=1S/C13H20N2O3/c1-10(2)9-15(6-7-18-3)12-8-11(13(16)17)4-5-14-12/h4-5,8,10H,6-7,9H2,1-3H3,(H,16,17). The van der Waals surface area contributed by atoms with Crippen LogP contribution in [0.2, 0.25) is 0 Å². The third kappa shape index (κ3) is 4.33. The Bertz CT molecular complexity index is 394. The van der Waals surface area contributed by atoms with Crippen molar-refractivity contribution in [1.29, 1.82) is 0 Å². The summed E-state index contributed by atoms with van der Waals surface area (Å²) in [6, 6.07) is 3.09. The molecule has 0 aliphatic rings. The lowest BCUT2D eigenvalue weighted by molar-refractivity contribution is 0.0697. The summed E-state index contributed by atoms with van der Waals surface area (Å²) in [4.78, 5) is 17.2. The first kappa shape index (κ1) is 14.4. The number of anilines is 1. The fraction of sp³-hybridized carbons (Fsp3) is 0.538. The first-order chi connectivity index (χ1) is 8.54. The van der Waals surface area contributed by atoms with E-state index in [1.54, 1.807) is 13.2 Å². The van der Waals surface area contributed by atoms with Gasteiger partial charge in [0.25, 0.3) is 0 Å². The number of aromatic carboxylic acids is 1. The molecular formula is C13H20N2O3. The number of carboxylic acid groups (broad SMARTS) is 1. The summed E-state index contributed by atoms with van der Waals surface area (Å²) in [5.41, 5.74) is 0.256. The van der Waals surface area contributed by atoms with Gasteiger partial charge in [0, 0.05) is 26.4 Å². The van der Waals surface area contributed by atoms with Gasteiger partial charge in [0.15, 0.2) is 0 Å². The molecule has 5 heteroatoms. The fourth-order valence-corrected chi connectivity index (χ4v) is 1.67. The monoisotopic (exact) mass is 252 g/mol. The van der Waals surface area contributed by atoms with Gasteiger partial charge in [-0.25, -0.2) is 9.78 Å². The molecule has 0 radical (unpaired) electrons. The predicted octanol–water partition coefficient (Wildman–Crippen LogP) is 1.89. The molecule has 0 spiro atoms. The van der Waals surface area contributed by atoms with Gasteiger partial charge in [-0.2, -0.15) is 0 Å². The number of methoxy groups -OCH3 is 1. The van der Waals surface area contributed by atoms with Crippen LogP contribution in [0.1, 0.15) is 24.2 Å². The Balaban J connectivity index is 2.89. The number of rotatable bonds is 7. The molecule has 18 heavy (non-hydrogen) atoms. The van der Waals surface area contributed by atoms with Crippen molar-refractivity contribution in [2.75, 3.05) is 31.7 Å². The highest BCUT2D eigenvalue weighted by molar-refractivity contribution is 5.88. The highest BCUT2D eigenvalue weighted by atomic mass is 16.5.